The molecule has 0 radical (unpaired) electrons. The Morgan fingerprint density at radius 1 is 1.21 bits per heavy atom. The van der Waals surface area contributed by atoms with Gasteiger partial charge in [-0.15, -0.1) is 0 Å². The van der Waals surface area contributed by atoms with Gasteiger partial charge in [-0.05, 0) is 117 Å². The fourth-order valence-corrected chi connectivity index (χ4v) is 8.09. The molecule has 2 fully saturated rings. The number of aliphatic hydroxyl groups excluding tert-OH is 1. The SMILES string of the molecule is CC(C)=CCC[C@@H](C)[C@H]1CC[C@H]2C3=CC[C@H]4C(C)[C@@H](O)CC[C@]4(C)C3=CC[C@]12C. The topological polar surface area (TPSA) is 20.2 Å². The maximum atomic E-state index is 10.5. The van der Waals surface area contributed by atoms with Crippen LogP contribution < -0.4 is 0 Å². The zero-order valence-corrected chi connectivity index (χ0v) is 19.8. The van der Waals surface area contributed by atoms with Crippen LogP contribution in [-0.4, -0.2) is 11.2 Å². The Kier molecular flexibility index (Phi) is 5.69. The lowest BCUT2D eigenvalue weighted by atomic mass is 9.50. The fourth-order valence-electron chi connectivity index (χ4n) is 8.09. The first-order valence-electron chi connectivity index (χ1n) is 12.4. The standard InChI is InChI=1S/C28H44O/c1-18(2)8-7-9-19(3)22-12-13-24-21-10-11-23-20(4)26(29)15-17-28(23,6)25(21)14-16-27(22,24)5/h8,10,14,19-20,22-24,26,29H,7,9,11-13,15-17H2,1-6H3/t19-,20?,22-,23+,24+,26+,27-,28+/m1/s1. The van der Waals surface area contributed by atoms with Gasteiger partial charge in [0.05, 0.1) is 6.10 Å². The Hall–Kier alpha value is -0.820. The second kappa shape index (κ2) is 7.70. The predicted octanol–water partition coefficient (Wildman–Crippen LogP) is 7.47. The maximum Gasteiger partial charge on any atom is 0.0569 e. The van der Waals surface area contributed by atoms with Crippen LogP contribution in [0.1, 0.15) is 92.9 Å². The van der Waals surface area contributed by atoms with Crippen LogP contribution in [0.5, 0.6) is 0 Å². The van der Waals surface area contributed by atoms with Gasteiger partial charge >= 0.3 is 0 Å². The quantitative estimate of drug-likeness (QED) is 0.488. The first-order chi connectivity index (χ1) is 13.7. The molecule has 0 spiro atoms. The molecule has 8 atom stereocenters. The minimum atomic E-state index is -0.102. The summed E-state index contributed by atoms with van der Waals surface area (Å²) in [5, 5.41) is 10.5. The molecule has 162 valence electrons. The summed E-state index contributed by atoms with van der Waals surface area (Å²) in [4.78, 5) is 0. The molecular weight excluding hydrogens is 352 g/mol. The molecule has 2 saturated carbocycles. The van der Waals surface area contributed by atoms with Gasteiger partial charge in [-0.2, -0.15) is 0 Å². The Bertz CT molecular complexity index is 723. The molecule has 0 bridgehead atoms. The summed E-state index contributed by atoms with van der Waals surface area (Å²) in [7, 11) is 0. The Labute approximate surface area is 179 Å². The van der Waals surface area contributed by atoms with Gasteiger partial charge in [-0.3, -0.25) is 0 Å². The van der Waals surface area contributed by atoms with Gasteiger partial charge in [0, 0.05) is 0 Å². The van der Waals surface area contributed by atoms with Crippen molar-refractivity contribution in [2.75, 3.05) is 0 Å². The van der Waals surface area contributed by atoms with Gasteiger partial charge in [0.25, 0.3) is 0 Å². The molecule has 4 aliphatic carbocycles. The van der Waals surface area contributed by atoms with Crippen molar-refractivity contribution in [1.82, 2.24) is 0 Å². The summed E-state index contributed by atoms with van der Waals surface area (Å²) in [6.45, 7) is 14.4. The highest BCUT2D eigenvalue weighted by molar-refractivity contribution is 5.46. The second-order valence-corrected chi connectivity index (χ2v) is 11.8. The summed E-state index contributed by atoms with van der Waals surface area (Å²) < 4.78 is 0. The molecule has 1 unspecified atom stereocenters. The molecule has 1 N–H and O–H groups in total. The Morgan fingerprint density at radius 2 is 1.97 bits per heavy atom. The highest BCUT2D eigenvalue weighted by atomic mass is 16.3. The lowest BCUT2D eigenvalue weighted by Gasteiger charge is -2.55. The molecule has 0 heterocycles. The largest absolute Gasteiger partial charge is 0.393 e. The third kappa shape index (κ3) is 3.40. The molecule has 1 heteroatoms. The number of hydrogen-bond acceptors (Lipinski definition) is 1. The van der Waals surface area contributed by atoms with E-state index in [4.69, 9.17) is 0 Å². The van der Waals surface area contributed by atoms with Crippen LogP contribution in [0, 0.1) is 40.4 Å². The van der Waals surface area contributed by atoms with E-state index in [1.54, 1.807) is 11.1 Å². The van der Waals surface area contributed by atoms with Crippen LogP contribution in [0.2, 0.25) is 0 Å². The van der Waals surface area contributed by atoms with Gasteiger partial charge < -0.3 is 5.11 Å². The third-order valence-corrected chi connectivity index (χ3v) is 9.93. The van der Waals surface area contributed by atoms with Crippen molar-refractivity contribution >= 4 is 0 Å². The monoisotopic (exact) mass is 396 g/mol. The van der Waals surface area contributed by atoms with E-state index in [9.17, 15) is 5.11 Å². The average Bonchev–Trinajstić information content (AvgIpc) is 3.02. The van der Waals surface area contributed by atoms with Crippen molar-refractivity contribution in [3.8, 4) is 0 Å². The smallest absolute Gasteiger partial charge is 0.0569 e. The summed E-state index contributed by atoms with van der Waals surface area (Å²) in [6.07, 6.45) is 17.6. The Balaban J connectivity index is 1.58. The predicted molar refractivity (Wildman–Crippen MR) is 124 cm³/mol. The number of rotatable bonds is 4. The van der Waals surface area contributed by atoms with Gasteiger partial charge in [0.2, 0.25) is 0 Å². The molecule has 1 nitrogen and oxygen atoms in total. The van der Waals surface area contributed by atoms with E-state index in [2.05, 4.69) is 59.8 Å². The first-order valence-corrected chi connectivity index (χ1v) is 12.4. The highest BCUT2D eigenvalue weighted by Crippen LogP contribution is 2.65. The van der Waals surface area contributed by atoms with Crippen molar-refractivity contribution in [2.45, 2.75) is 99.0 Å². The molecule has 0 aromatic carbocycles. The van der Waals surface area contributed by atoms with Gasteiger partial charge in [0.1, 0.15) is 0 Å². The first kappa shape index (κ1) is 21.4. The molecule has 4 rings (SSSR count). The van der Waals surface area contributed by atoms with Crippen LogP contribution >= 0.6 is 0 Å². The second-order valence-electron chi connectivity index (χ2n) is 11.8. The van der Waals surface area contributed by atoms with Crippen molar-refractivity contribution in [1.29, 1.82) is 0 Å². The van der Waals surface area contributed by atoms with E-state index in [0.717, 1.165) is 30.6 Å². The van der Waals surface area contributed by atoms with E-state index in [1.807, 2.05) is 0 Å². The van der Waals surface area contributed by atoms with E-state index in [1.165, 1.54) is 44.1 Å². The zero-order valence-electron chi connectivity index (χ0n) is 19.8. The number of aliphatic hydroxyl groups is 1. The van der Waals surface area contributed by atoms with E-state index in [0.29, 0.717) is 17.3 Å². The molecular formula is C28H44O. The fraction of sp³-hybridized carbons (Fsp3) is 0.786. The molecule has 29 heavy (non-hydrogen) atoms. The average molecular weight is 397 g/mol. The van der Waals surface area contributed by atoms with Crippen LogP contribution in [-0.2, 0) is 0 Å². The lowest BCUT2D eigenvalue weighted by molar-refractivity contribution is -0.0205. The molecule has 4 aliphatic rings. The third-order valence-electron chi connectivity index (χ3n) is 9.93. The number of allylic oxidation sites excluding steroid dienone is 6. The summed E-state index contributed by atoms with van der Waals surface area (Å²) >= 11 is 0. The maximum absolute atomic E-state index is 10.5. The molecule has 0 amide bonds. The van der Waals surface area contributed by atoms with Crippen LogP contribution in [0.3, 0.4) is 0 Å². The lowest BCUT2D eigenvalue weighted by Crippen LogP contribution is -2.48. The number of fused-ring (bicyclic) bond motifs is 5. The zero-order chi connectivity index (χ0) is 21.0. The number of hydrogen-bond donors (Lipinski definition) is 1. The van der Waals surface area contributed by atoms with E-state index >= 15 is 0 Å². The van der Waals surface area contributed by atoms with E-state index in [-0.39, 0.29) is 11.5 Å². The van der Waals surface area contributed by atoms with Crippen LogP contribution in [0.15, 0.2) is 34.9 Å². The minimum absolute atomic E-state index is 0.102. The molecule has 0 aromatic rings. The van der Waals surface area contributed by atoms with Crippen molar-refractivity contribution in [3.63, 3.8) is 0 Å². The minimum Gasteiger partial charge on any atom is -0.393 e. The Morgan fingerprint density at radius 3 is 2.69 bits per heavy atom. The van der Waals surface area contributed by atoms with Crippen molar-refractivity contribution in [3.05, 3.63) is 34.9 Å². The molecule has 0 saturated heterocycles. The van der Waals surface area contributed by atoms with Crippen molar-refractivity contribution in [2.24, 2.45) is 40.4 Å². The van der Waals surface area contributed by atoms with Gasteiger partial charge in [-0.25, -0.2) is 0 Å². The van der Waals surface area contributed by atoms with Gasteiger partial charge in [0.15, 0.2) is 0 Å². The van der Waals surface area contributed by atoms with Crippen LogP contribution in [0.25, 0.3) is 0 Å². The normalized spacial score (nSPS) is 44.7. The van der Waals surface area contributed by atoms with Crippen LogP contribution in [0.4, 0.5) is 0 Å². The summed E-state index contributed by atoms with van der Waals surface area (Å²) in [5.74, 6) is 3.47. The molecule has 0 aromatic heterocycles. The highest BCUT2D eigenvalue weighted by Gasteiger charge is 2.56. The summed E-state index contributed by atoms with van der Waals surface area (Å²) in [6, 6.07) is 0. The van der Waals surface area contributed by atoms with Gasteiger partial charge in [-0.1, -0.05) is 51.5 Å². The van der Waals surface area contributed by atoms with E-state index < -0.39 is 0 Å². The van der Waals surface area contributed by atoms with Crippen molar-refractivity contribution < 1.29 is 5.11 Å². The molecule has 0 aliphatic heterocycles. The summed E-state index contributed by atoms with van der Waals surface area (Å²) in [5.41, 5.74) is 5.60.